The minimum atomic E-state index is -0.759. The highest BCUT2D eigenvalue weighted by Crippen LogP contribution is 2.28. The molecule has 2 aromatic carbocycles. The minimum Gasteiger partial charge on any atom is -0.497 e. The Balaban J connectivity index is 1.62. The number of carbonyl (C=O) groups is 3. The molecule has 0 bridgehead atoms. The fourth-order valence-corrected chi connectivity index (χ4v) is 3.11. The number of nitrogens with one attached hydrogen (secondary N) is 2. The van der Waals surface area contributed by atoms with Gasteiger partial charge in [0.25, 0.3) is 0 Å². The van der Waals surface area contributed by atoms with Gasteiger partial charge in [-0.05, 0) is 48.7 Å². The molecule has 146 valence electrons. The number of benzene rings is 2. The maximum atomic E-state index is 12.2. The Morgan fingerprint density at radius 2 is 1.96 bits per heavy atom. The van der Waals surface area contributed by atoms with Crippen molar-refractivity contribution in [3.05, 3.63) is 53.6 Å². The zero-order chi connectivity index (χ0) is 20.1. The number of aryl methyl sites for hydroxylation is 1. The molecule has 1 aliphatic heterocycles. The molecule has 0 unspecified atom stereocenters. The second kappa shape index (κ2) is 8.56. The molecule has 0 atom stereocenters. The molecule has 2 aromatic rings. The molecular weight excluding hydrogens is 358 g/mol. The summed E-state index contributed by atoms with van der Waals surface area (Å²) < 4.78 is 5.14. The first-order valence-corrected chi connectivity index (χ1v) is 9.11. The molecule has 0 aliphatic carbocycles. The highest BCUT2D eigenvalue weighted by Gasteiger charge is 2.23. The fourth-order valence-electron chi connectivity index (χ4n) is 3.11. The Bertz CT molecular complexity index is 910. The van der Waals surface area contributed by atoms with Gasteiger partial charge in [-0.1, -0.05) is 18.2 Å². The number of hydrogen-bond donors (Lipinski definition) is 2. The molecule has 3 rings (SSSR count). The van der Waals surface area contributed by atoms with E-state index in [4.69, 9.17) is 4.74 Å². The van der Waals surface area contributed by atoms with Crippen LogP contribution in [0.2, 0.25) is 0 Å². The van der Waals surface area contributed by atoms with E-state index in [0.717, 1.165) is 23.2 Å². The molecule has 28 heavy (non-hydrogen) atoms. The van der Waals surface area contributed by atoms with Gasteiger partial charge in [-0.15, -0.1) is 0 Å². The van der Waals surface area contributed by atoms with Crippen LogP contribution in [0.4, 0.5) is 11.4 Å². The van der Waals surface area contributed by atoms with Gasteiger partial charge < -0.3 is 20.3 Å². The summed E-state index contributed by atoms with van der Waals surface area (Å²) >= 11 is 0. The zero-order valence-corrected chi connectivity index (χ0v) is 16.0. The van der Waals surface area contributed by atoms with E-state index in [-0.39, 0.29) is 12.5 Å². The molecule has 0 saturated carbocycles. The normalized spacial score (nSPS) is 13.4. The molecular formula is C21H23N3O4. The highest BCUT2D eigenvalue weighted by atomic mass is 16.5. The Morgan fingerprint density at radius 3 is 2.68 bits per heavy atom. The van der Waals surface area contributed by atoms with Crippen LogP contribution in [0.1, 0.15) is 24.0 Å². The standard InChI is InChI=1S/C21H23N3O4/c1-14-8-9-16(12-18(14)24-10-4-7-19(24)25)23-21(27)20(26)22-13-15-5-3-6-17(11-15)28-2/h3,5-6,8-9,11-12H,4,7,10,13H2,1-2H3,(H,22,26)(H,23,27). The lowest BCUT2D eigenvalue weighted by Gasteiger charge is -2.19. The number of carbonyl (C=O) groups excluding carboxylic acids is 3. The van der Waals surface area contributed by atoms with Crippen LogP contribution in [-0.4, -0.2) is 31.4 Å². The molecule has 1 saturated heterocycles. The molecule has 1 heterocycles. The van der Waals surface area contributed by atoms with Gasteiger partial charge >= 0.3 is 11.8 Å². The average molecular weight is 381 g/mol. The predicted molar refractivity (Wildman–Crippen MR) is 106 cm³/mol. The summed E-state index contributed by atoms with van der Waals surface area (Å²) in [6.07, 6.45) is 1.35. The Labute approximate surface area is 163 Å². The van der Waals surface area contributed by atoms with E-state index in [1.807, 2.05) is 25.1 Å². The van der Waals surface area contributed by atoms with Gasteiger partial charge in [-0.3, -0.25) is 14.4 Å². The first-order chi connectivity index (χ1) is 13.5. The van der Waals surface area contributed by atoms with Gasteiger partial charge in [-0.2, -0.15) is 0 Å². The van der Waals surface area contributed by atoms with Crippen LogP contribution in [0, 0.1) is 6.92 Å². The summed E-state index contributed by atoms with van der Waals surface area (Å²) in [5, 5.41) is 5.18. The van der Waals surface area contributed by atoms with Crippen molar-refractivity contribution < 1.29 is 19.1 Å². The van der Waals surface area contributed by atoms with Crippen LogP contribution in [0.5, 0.6) is 5.75 Å². The third kappa shape index (κ3) is 4.49. The largest absolute Gasteiger partial charge is 0.497 e. The zero-order valence-electron chi connectivity index (χ0n) is 16.0. The number of anilines is 2. The van der Waals surface area contributed by atoms with Crippen LogP contribution < -0.4 is 20.3 Å². The van der Waals surface area contributed by atoms with Crippen molar-refractivity contribution in [3.63, 3.8) is 0 Å². The van der Waals surface area contributed by atoms with Gasteiger partial charge in [0.05, 0.1) is 7.11 Å². The lowest BCUT2D eigenvalue weighted by Crippen LogP contribution is -2.35. The monoisotopic (exact) mass is 381 g/mol. The van der Waals surface area contributed by atoms with Crippen LogP contribution in [0.25, 0.3) is 0 Å². The van der Waals surface area contributed by atoms with Crippen LogP contribution >= 0.6 is 0 Å². The van der Waals surface area contributed by atoms with Crippen molar-refractivity contribution >= 4 is 29.1 Å². The van der Waals surface area contributed by atoms with E-state index < -0.39 is 11.8 Å². The van der Waals surface area contributed by atoms with Gasteiger partial charge in [0.2, 0.25) is 5.91 Å². The summed E-state index contributed by atoms with van der Waals surface area (Å²) in [5.41, 5.74) is 3.00. The Hall–Kier alpha value is -3.35. The van der Waals surface area contributed by atoms with Crippen molar-refractivity contribution in [1.29, 1.82) is 0 Å². The van der Waals surface area contributed by atoms with Gasteiger partial charge in [0.1, 0.15) is 5.75 Å². The Kier molecular flexibility index (Phi) is 5.93. The quantitative estimate of drug-likeness (QED) is 0.779. The van der Waals surface area contributed by atoms with Crippen LogP contribution in [0.3, 0.4) is 0 Å². The lowest BCUT2D eigenvalue weighted by atomic mass is 10.1. The topological polar surface area (TPSA) is 87.7 Å². The molecule has 3 amide bonds. The second-order valence-corrected chi connectivity index (χ2v) is 6.64. The maximum Gasteiger partial charge on any atom is 0.313 e. The fraction of sp³-hybridized carbons (Fsp3) is 0.286. The summed E-state index contributed by atoms with van der Waals surface area (Å²) in [7, 11) is 1.57. The predicted octanol–water partition coefficient (Wildman–Crippen LogP) is 2.39. The van der Waals surface area contributed by atoms with Crippen LogP contribution in [0.15, 0.2) is 42.5 Å². The van der Waals surface area contributed by atoms with Crippen molar-refractivity contribution in [2.24, 2.45) is 0 Å². The van der Waals surface area contributed by atoms with E-state index in [0.29, 0.717) is 24.4 Å². The van der Waals surface area contributed by atoms with Crippen molar-refractivity contribution in [1.82, 2.24) is 5.32 Å². The molecule has 7 nitrogen and oxygen atoms in total. The summed E-state index contributed by atoms with van der Waals surface area (Å²) in [5.74, 6) is -0.741. The number of rotatable bonds is 5. The highest BCUT2D eigenvalue weighted by molar-refractivity contribution is 6.39. The Morgan fingerprint density at radius 1 is 1.14 bits per heavy atom. The van der Waals surface area contributed by atoms with Crippen LogP contribution in [-0.2, 0) is 20.9 Å². The smallest absolute Gasteiger partial charge is 0.313 e. The average Bonchev–Trinajstić information content (AvgIpc) is 3.13. The van der Waals surface area contributed by atoms with Crippen molar-refractivity contribution in [2.45, 2.75) is 26.3 Å². The molecule has 1 aliphatic rings. The molecule has 1 fully saturated rings. The summed E-state index contributed by atoms with van der Waals surface area (Å²) in [6.45, 7) is 2.79. The van der Waals surface area contributed by atoms with Crippen molar-refractivity contribution in [3.8, 4) is 5.75 Å². The van der Waals surface area contributed by atoms with Gasteiger partial charge in [0, 0.05) is 30.9 Å². The number of methoxy groups -OCH3 is 1. The van der Waals surface area contributed by atoms with Gasteiger partial charge in [0.15, 0.2) is 0 Å². The first-order valence-electron chi connectivity index (χ1n) is 9.11. The van der Waals surface area contributed by atoms with E-state index in [1.54, 1.807) is 36.3 Å². The lowest BCUT2D eigenvalue weighted by molar-refractivity contribution is -0.136. The van der Waals surface area contributed by atoms with E-state index >= 15 is 0 Å². The molecule has 0 aromatic heterocycles. The maximum absolute atomic E-state index is 12.2. The first kappa shape index (κ1) is 19.4. The number of amides is 3. The number of nitrogens with zero attached hydrogens (tertiary/aromatic N) is 1. The molecule has 7 heteroatoms. The summed E-state index contributed by atoms with van der Waals surface area (Å²) in [4.78, 5) is 38.0. The van der Waals surface area contributed by atoms with E-state index in [2.05, 4.69) is 10.6 Å². The molecule has 0 radical (unpaired) electrons. The third-order valence-electron chi connectivity index (χ3n) is 4.62. The number of hydrogen-bond acceptors (Lipinski definition) is 4. The van der Waals surface area contributed by atoms with Gasteiger partial charge in [-0.25, -0.2) is 0 Å². The molecule has 2 N–H and O–H groups in total. The van der Waals surface area contributed by atoms with E-state index in [9.17, 15) is 14.4 Å². The third-order valence-corrected chi connectivity index (χ3v) is 4.62. The summed E-state index contributed by atoms with van der Waals surface area (Å²) in [6, 6.07) is 12.5. The minimum absolute atomic E-state index is 0.0719. The van der Waals surface area contributed by atoms with E-state index in [1.165, 1.54) is 0 Å². The molecule has 0 spiro atoms. The second-order valence-electron chi connectivity index (χ2n) is 6.64. The van der Waals surface area contributed by atoms with Crippen molar-refractivity contribution in [2.75, 3.05) is 23.9 Å². The SMILES string of the molecule is COc1cccc(CNC(=O)C(=O)Nc2ccc(C)c(N3CCCC3=O)c2)c1. The number of ether oxygens (including phenoxy) is 1.